The molecule has 1 atom stereocenters. The molecule has 1 aromatic carbocycles. The lowest BCUT2D eigenvalue weighted by Crippen LogP contribution is -2.53. The van der Waals surface area contributed by atoms with Crippen molar-refractivity contribution in [2.75, 3.05) is 31.1 Å². The summed E-state index contributed by atoms with van der Waals surface area (Å²) >= 11 is 5.47. The lowest BCUT2D eigenvalue weighted by molar-refractivity contribution is 0.375. The summed E-state index contributed by atoms with van der Waals surface area (Å²) < 4.78 is 0. The van der Waals surface area contributed by atoms with Crippen molar-refractivity contribution in [1.29, 1.82) is 0 Å². The molecule has 0 aliphatic carbocycles. The van der Waals surface area contributed by atoms with Crippen LogP contribution in [0.1, 0.15) is 20.3 Å². The SMILES string of the molecule is CC[C@@H](C)NC(=S)N1CCN(c2ccccc2)CC1. The van der Waals surface area contributed by atoms with Crippen molar-refractivity contribution in [3.05, 3.63) is 30.3 Å². The highest BCUT2D eigenvalue weighted by atomic mass is 32.1. The van der Waals surface area contributed by atoms with Crippen molar-refractivity contribution < 1.29 is 0 Å². The lowest BCUT2D eigenvalue weighted by atomic mass is 10.2. The fourth-order valence-corrected chi connectivity index (χ4v) is 2.59. The van der Waals surface area contributed by atoms with Gasteiger partial charge in [-0.1, -0.05) is 25.1 Å². The minimum absolute atomic E-state index is 0.458. The molecular weight excluding hydrogens is 254 g/mol. The first-order valence-corrected chi connectivity index (χ1v) is 7.47. The average molecular weight is 277 g/mol. The third kappa shape index (κ3) is 3.83. The van der Waals surface area contributed by atoms with Gasteiger partial charge in [-0.15, -0.1) is 0 Å². The normalized spacial score (nSPS) is 17.2. The third-order valence-corrected chi connectivity index (χ3v) is 4.05. The van der Waals surface area contributed by atoms with Crippen LogP contribution in [0.2, 0.25) is 0 Å². The standard InChI is InChI=1S/C15H23N3S/c1-3-13(2)16-15(19)18-11-9-17(10-12-18)14-7-5-4-6-8-14/h4-8,13H,3,9-12H2,1-2H3,(H,16,19)/t13-/m1/s1. The minimum atomic E-state index is 0.458. The maximum Gasteiger partial charge on any atom is 0.169 e. The molecule has 0 aromatic heterocycles. The molecule has 1 N–H and O–H groups in total. The van der Waals surface area contributed by atoms with E-state index in [1.54, 1.807) is 0 Å². The number of anilines is 1. The van der Waals surface area contributed by atoms with Gasteiger partial charge in [0.1, 0.15) is 0 Å². The van der Waals surface area contributed by atoms with Gasteiger partial charge in [0.15, 0.2) is 5.11 Å². The number of nitrogens with one attached hydrogen (secondary N) is 1. The monoisotopic (exact) mass is 277 g/mol. The minimum Gasteiger partial charge on any atom is -0.368 e. The molecule has 104 valence electrons. The highest BCUT2D eigenvalue weighted by Gasteiger charge is 2.19. The first-order chi connectivity index (χ1) is 9.20. The van der Waals surface area contributed by atoms with Gasteiger partial charge in [0.25, 0.3) is 0 Å². The van der Waals surface area contributed by atoms with E-state index in [9.17, 15) is 0 Å². The van der Waals surface area contributed by atoms with Crippen LogP contribution in [-0.2, 0) is 0 Å². The number of rotatable bonds is 3. The number of piperazine rings is 1. The maximum absolute atomic E-state index is 5.47. The molecule has 0 saturated carbocycles. The van der Waals surface area contributed by atoms with E-state index in [1.807, 2.05) is 0 Å². The molecule has 19 heavy (non-hydrogen) atoms. The van der Waals surface area contributed by atoms with Crippen LogP contribution in [-0.4, -0.2) is 42.2 Å². The summed E-state index contributed by atoms with van der Waals surface area (Å²) in [7, 11) is 0. The summed E-state index contributed by atoms with van der Waals surface area (Å²) in [5, 5.41) is 4.30. The molecule has 1 fully saturated rings. The van der Waals surface area contributed by atoms with E-state index in [4.69, 9.17) is 12.2 Å². The van der Waals surface area contributed by atoms with E-state index in [0.29, 0.717) is 6.04 Å². The Morgan fingerprint density at radius 3 is 2.42 bits per heavy atom. The predicted octanol–water partition coefficient (Wildman–Crippen LogP) is 2.48. The van der Waals surface area contributed by atoms with Gasteiger partial charge in [-0.2, -0.15) is 0 Å². The van der Waals surface area contributed by atoms with Gasteiger partial charge in [0.2, 0.25) is 0 Å². The van der Waals surface area contributed by atoms with Crippen LogP contribution >= 0.6 is 12.2 Å². The number of benzene rings is 1. The zero-order valence-corrected chi connectivity index (χ0v) is 12.6. The van der Waals surface area contributed by atoms with Crippen LogP contribution in [0.15, 0.2) is 30.3 Å². The highest BCUT2D eigenvalue weighted by Crippen LogP contribution is 2.15. The number of thiocarbonyl (C=S) groups is 1. The summed E-state index contributed by atoms with van der Waals surface area (Å²) in [6.45, 7) is 8.41. The second kappa shape index (κ2) is 6.75. The van der Waals surface area contributed by atoms with Crippen molar-refractivity contribution in [2.24, 2.45) is 0 Å². The van der Waals surface area contributed by atoms with E-state index in [-0.39, 0.29) is 0 Å². The van der Waals surface area contributed by atoms with Crippen LogP contribution in [0.25, 0.3) is 0 Å². The molecule has 0 spiro atoms. The van der Waals surface area contributed by atoms with E-state index in [1.165, 1.54) is 5.69 Å². The molecule has 2 rings (SSSR count). The van der Waals surface area contributed by atoms with Crippen LogP contribution in [0.3, 0.4) is 0 Å². The summed E-state index contributed by atoms with van der Waals surface area (Å²) in [5.41, 5.74) is 1.31. The molecule has 0 unspecified atom stereocenters. The van der Waals surface area contributed by atoms with Crippen LogP contribution in [0, 0.1) is 0 Å². The largest absolute Gasteiger partial charge is 0.368 e. The fraction of sp³-hybridized carbons (Fsp3) is 0.533. The summed E-state index contributed by atoms with van der Waals surface area (Å²) in [6, 6.07) is 11.1. The lowest BCUT2D eigenvalue weighted by Gasteiger charge is -2.38. The van der Waals surface area contributed by atoms with Crippen molar-refractivity contribution in [3.63, 3.8) is 0 Å². The fourth-order valence-electron chi connectivity index (χ4n) is 2.21. The van der Waals surface area contributed by atoms with Gasteiger partial charge in [-0.3, -0.25) is 0 Å². The second-order valence-corrected chi connectivity index (χ2v) is 5.46. The first kappa shape index (κ1) is 14.1. The van der Waals surface area contributed by atoms with Gasteiger partial charge in [0, 0.05) is 37.9 Å². The van der Waals surface area contributed by atoms with Gasteiger partial charge in [0.05, 0.1) is 0 Å². The third-order valence-electron chi connectivity index (χ3n) is 3.67. The van der Waals surface area contributed by atoms with Crippen LogP contribution in [0.5, 0.6) is 0 Å². The molecule has 1 saturated heterocycles. The van der Waals surface area contributed by atoms with Gasteiger partial charge < -0.3 is 15.1 Å². The van der Waals surface area contributed by atoms with E-state index in [2.05, 4.69) is 59.3 Å². The van der Waals surface area contributed by atoms with Crippen molar-refractivity contribution in [2.45, 2.75) is 26.3 Å². The topological polar surface area (TPSA) is 18.5 Å². The van der Waals surface area contributed by atoms with E-state index < -0.39 is 0 Å². The number of hydrogen-bond donors (Lipinski definition) is 1. The zero-order chi connectivity index (χ0) is 13.7. The van der Waals surface area contributed by atoms with Crippen molar-refractivity contribution in [3.8, 4) is 0 Å². The van der Waals surface area contributed by atoms with E-state index >= 15 is 0 Å². The first-order valence-electron chi connectivity index (χ1n) is 7.06. The smallest absolute Gasteiger partial charge is 0.169 e. The Kier molecular flexibility index (Phi) is 5.02. The Morgan fingerprint density at radius 2 is 1.84 bits per heavy atom. The van der Waals surface area contributed by atoms with Gasteiger partial charge >= 0.3 is 0 Å². The Morgan fingerprint density at radius 1 is 1.21 bits per heavy atom. The molecule has 4 heteroatoms. The summed E-state index contributed by atoms with van der Waals surface area (Å²) in [6.07, 6.45) is 1.10. The maximum atomic E-state index is 5.47. The number of hydrogen-bond acceptors (Lipinski definition) is 2. The highest BCUT2D eigenvalue weighted by molar-refractivity contribution is 7.80. The molecule has 0 bridgehead atoms. The quantitative estimate of drug-likeness (QED) is 0.855. The molecule has 3 nitrogen and oxygen atoms in total. The summed E-state index contributed by atoms with van der Waals surface area (Å²) in [4.78, 5) is 4.70. The number of nitrogens with zero attached hydrogens (tertiary/aromatic N) is 2. The molecule has 1 aliphatic rings. The Hall–Kier alpha value is -1.29. The summed E-state index contributed by atoms with van der Waals surface area (Å²) in [5.74, 6) is 0. The zero-order valence-electron chi connectivity index (χ0n) is 11.8. The molecule has 1 aliphatic heterocycles. The Balaban J connectivity index is 1.84. The molecule has 0 amide bonds. The number of para-hydroxylation sites is 1. The Labute approximate surface area is 121 Å². The van der Waals surface area contributed by atoms with Crippen LogP contribution < -0.4 is 10.2 Å². The average Bonchev–Trinajstić information content (AvgIpc) is 2.48. The van der Waals surface area contributed by atoms with Crippen LogP contribution in [0.4, 0.5) is 5.69 Å². The molecule has 0 radical (unpaired) electrons. The second-order valence-electron chi connectivity index (χ2n) is 5.07. The molecule has 1 aromatic rings. The van der Waals surface area contributed by atoms with Crippen molar-refractivity contribution in [1.82, 2.24) is 10.2 Å². The van der Waals surface area contributed by atoms with Gasteiger partial charge in [-0.25, -0.2) is 0 Å². The van der Waals surface area contributed by atoms with Gasteiger partial charge in [-0.05, 0) is 37.7 Å². The molecular formula is C15H23N3S. The Bertz CT molecular complexity index is 399. The predicted molar refractivity (Wildman–Crippen MR) is 85.7 cm³/mol. The van der Waals surface area contributed by atoms with Crippen molar-refractivity contribution >= 4 is 23.0 Å². The molecule has 1 heterocycles. The van der Waals surface area contributed by atoms with E-state index in [0.717, 1.165) is 37.7 Å².